The van der Waals surface area contributed by atoms with Crippen LogP contribution in [0.5, 0.6) is 0 Å². The van der Waals surface area contributed by atoms with Crippen molar-refractivity contribution >= 4 is 23.5 Å². The summed E-state index contributed by atoms with van der Waals surface area (Å²) in [6, 6.07) is 1.82. The molecule has 1 aromatic rings. The third-order valence-electron chi connectivity index (χ3n) is 9.59. The Hall–Kier alpha value is -2.70. The molecule has 1 saturated heterocycles. The quantitative estimate of drug-likeness (QED) is 0.369. The fourth-order valence-corrected chi connectivity index (χ4v) is 7.76. The van der Waals surface area contributed by atoms with Crippen LogP contribution in [0.25, 0.3) is 0 Å². The normalized spacial score (nSPS) is 38.7. The summed E-state index contributed by atoms with van der Waals surface area (Å²) in [7, 11) is 1.33. The van der Waals surface area contributed by atoms with Crippen LogP contribution in [0.1, 0.15) is 71.5 Å². The number of hydrogen-bond donors (Lipinski definition) is 0. The van der Waals surface area contributed by atoms with Gasteiger partial charge in [-0.15, -0.1) is 0 Å². The SMILES string of the molecule is COC(=O)C[C@H]1C(C)(C)C(=O)[C@@H]2CC3=C4CC(=O)O[C@@H](c5ccoc5)[C@]4(C)CC[C@@H]3C1(C)C2=O. The molecule has 0 spiro atoms. The van der Waals surface area contributed by atoms with Crippen LogP contribution < -0.4 is 0 Å². The second-order valence-corrected chi connectivity index (χ2v) is 11.4. The zero-order valence-corrected chi connectivity index (χ0v) is 20.4. The number of ether oxygens (including phenoxy) is 2. The van der Waals surface area contributed by atoms with Gasteiger partial charge in [0.1, 0.15) is 17.7 Å². The van der Waals surface area contributed by atoms with E-state index in [0.717, 1.165) is 29.6 Å². The van der Waals surface area contributed by atoms with Crippen LogP contribution >= 0.6 is 0 Å². The van der Waals surface area contributed by atoms with E-state index in [0.29, 0.717) is 6.42 Å². The van der Waals surface area contributed by atoms with E-state index < -0.39 is 40.2 Å². The van der Waals surface area contributed by atoms with Gasteiger partial charge in [-0.25, -0.2) is 0 Å². The van der Waals surface area contributed by atoms with E-state index in [4.69, 9.17) is 13.9 Å². The minimum absolute atomic E-state index is 0.0142. The molecule has 34 heavy (non-hydrogen) atoms. The van der Waals surface area contributed by atoms with Crippen molar-refractivity contribution in [3.63, 3.8) is 0 Å². The van der Waals surface area contributed by atoms with Crippen LogP contribution in [-0.2, 0) is 28.7 Å². The Morgan fingerprint density at radius 3 is 2.53 bits per heavy atom. The highest BCUT2D eigenvalue weighted by Gasteiger charge is 2.67. The summed E-state index contributed by atoms with van der Waals surface area (Å²) in [6.07, 6.45) is 4.68. The monoisotopic (exact) mass is 468 g/mol. The Bertz CT molecular complexity index is 1110. The Labute approximate surface area is 199 Å². The number of methoxy groups -OCH3 is 1. The first-order valence-electron chi connectivity index (χ1n) is 12.1. The van der Waals surface area contributed by atoms with Gasteiger partial charge in [0.15, 0.2) is 0 Å². The molecule has 7 nitrogen and oxygen atoms in total. The van der Waals surface area contributed by atoms with Crippen LogP contribution in [0, 0.1) is 34.0 Å². The molecule has 1 unspecified atom stereocenters. The molecule has 3 aliphatic carbocycles. The van der Waals surface area contributed by atoms with Crippen molar-refractivity contribution in [3.05, 3.63) is 35.3 Å². The van der Waals surface area contributed by atoms with Crippen LogP contribution in [0.2, 0.25) is 0 Å². The molecule has 2 bridgehead atoms. The van der Waals surface area contributed by atoms with Crippen LogP contribution in [0.4, 0.5) is 0 Å². The summed E-state index contributed by atoms with van der Waals surface area (Å²) in [5, 5.41) is 0. The minimum atomic E-state index is -0.884. The second kappa shape index (κ2) is 7.40. The molecule has 6 atom stereocenters. The highest BCUT2D eigenvalue weighted by atomic mass is 16.5. The van der Waals surface area contributed by atoms with Gasteiger partial charge in [0.2, 0.25) is 0 Å². The maximum absolute atomic E-state index is 13.8. The average Bonchev–Trinajstić information content (AvgIpc) is 3.32. The molecule has 0 N–H and O–H groups in total. The smallest absolute Gasteiger partial charge is 0.310 e. The standard InChI is InChI=1S/C27H32O7/c1-25(2)19(12-20(28)32-5)27(4)17-6-8-26(3)18(15(17)10-16(22(25)30)23(27)31)11-21(29)34-24(26)14-7-9-33-13-14/h7,9,13,16-17,19,24H,6,8,10-12H2,1-5H3/t16-,17-,19-,24-,26+,27?/m0/s1. The number of hydrogen-bond acceptors (Lipinski definition) is 7. The Balaban J connectivity index is 1.68. The molecule has 7 heteroatoms. The molecule has 0 amide bonds. The van der Waals surface area contributed by atoms with Crippen molar-refractivity contribution in [1.29, 1.82) is 0 Å². The van der Waals surface area contributed by atoms with Crippen molar-refractivity contribution < 1.29 is 33.1 Å². The highest BCUT2D eigenvalue weighted by molar-refractivity contribution is 6.11. The third-order valence-corrected chi connectivity index (χ3v) is 9.59. The maximum atomic E-state index is 13.8. The predicted octanol–water partition coefficient (Wildman–Crippen LogP) is 4.36. The number of carbonyl (C=O) groups excluding carboxylic acids is 4. The second-order valence-electron chi connectivity index (χ2n) is 11.4. The zero-order chi connectivity index (χ0) is 24.6. The topological polar surface area (TPSA) is 99.9 Å². The van der Waals surface area contributed by atoms with E-state index >= 15 is 0 Å². The van der Waals surface area contributed by atoms with Gasteiger partial charge in [0.25, 0.3) is 0 Å². The first kappa shape index (κ1) is 23.1. The average molecular weight is 469 g/mol. The molecule has 4 aliphatic rings. The number of furan rings is 1. The van der Waals surface area contributed by atoms with E-state index in [1.54, 1.807) is 12.5 Å². The van der Waals surface area contributed by atoms with Crippen molar-refractivity contribution in [2.24, 2.45) is 34.0 Å². The molecule has 2 saturated carbocycles. The first-order valence-corrected chi connectivity index (χ1v) is 12.1. The van der Waals surface area contributed by atoms with Gasteiger partial charge in [0.05, 0.1) is 38.4 Å². The van der Waals surface area contributed by atoms with E-state index in [9.17, 15) is 19.2 Å². The van der Waals surface area contributed by atoms with E-state index in [2.05, 4.69) is 6.92 Å². The summed E-state index contributed by atoms with van der Waals surface area (Å²) in [5.74, 6) is -2.26. The lowest BCUT2D eigenvalue weighted by Crippen LogP contribution is -2.64. The molecule has 3 fully saturated rings. The molecule has 5 rings (SSSR count). The van der Waals surface area contributed by atoms with Crippen molar-refractivity contribution in [1.82, 2.24) is 0 Å². The van der Waals surface area contributed by atoms with Crippen LogP contribution in [0.15, 0.2) is 34.2 Å². The van der Waals surface area contributed by atoms with Gasteiger partial charge < -0.3 is 13.9 Å². The van der Waals surface area contributed by atoms with Gasteiger partial charge >= 0.3 is 11.9 Å². The molecule has 2 heterocycles. The lowest BCUT2D eigenvalue weighted by atomic mass is 9.41. The summed E-state index contributed by atoms with van der Waals surface area (Å²) >= 11 is 0. The summed E-state index contributed by atoms with van der Waals surface area (Å²) < 4.78 is 16.1. The van der Waals surface area contributed by atoms with Gasteiger partial charge in [-0.2, -0.15) is 0 Å². The fourth-order valence-electron chi connectivity index (χ4n) is 7.76. The number of rotatable bonds is 3. The fraction of sp³-hybridized carbons (Fsp3) is 0.630. The number of carbonyl (C=O) groups is 4. The van der Waals surface area contributed by atoms with E-state index in [-0.39, 0.29) is 36.3 Å². The molecule has 182 valence electrons. The zero-order valence-electron chi connectivity index (χ0n) is 20.4. The first-order chi connectivity index (χ1) is 16.0. The maximum Gasteiger partial charge on any atom is 0.310 e. The van der Waals surface area contributed by atoms with Crippen molar-refractivity contribution in [3.8, 4) is 0 Å². The highest BCUT2D eigenvalue weighted by Crippen LogP contribution is 2.66. The molecule has 0 radical (unpaired) electrons. The Kier molecular flexibility index (Phi) is 5.02. The van der Waals surface area contributed by atoms with Crippen LogP contribution in [-0.4, -0.2) is 30.6 Å². The number of fused-ring (bicyclic) bond motifs is 5. The van der Waals surface area contributed by atoms with E-state index in [1.165, 1.54) is 7.11 Å². The number of cyclic esters (lactones) is 1. The molecule has 1 aliphatic heterocycles. The molecular weight excluding hydrogens is 436 g/mol. The number of Topliss-reactive ketones (excluding diaryl/α,β-unsaturated/α-hetero) is 2. The third kappa shape index (κ3) is 2.88. The van der Waals surface area contributed by atoms with Crippen molar-refractivity contribution in [2.75, 3.05) is 7.11 Å². The lowest BCUT2D eigenvalue weighted by molar-refractivity contribution is -0.172. The van der Waals surface area contributed by atoms with Gasteiger partial charge in [-0.1, -0.05) is 33.3 Å². The minimum Gasteiger partial charge on any atom is -0.472 e. The summed E-state index contributed by atoms with van der Waals surface area (Å²) in [5.41, 5.74) is 0.703. The molecule has 1 aromatic heterocycles. The predicted molar refractivity (Wildman–Crippen MR) is 120 cm³/mol. The largest absolute Gasteiger partial charge is 0.472 e. The van der Waals surface area contributed by atoms with Crippen molar-refractivity contribution in [2.45, 2.75) is 65.9 Å². The summed E-state index contributed by atoms with van der Waals surface area (Å²) in [6.45, 7) is 7.77. The Morgan fingerprint density at radius 1 is 1.15 bits per heavy atom. The number of ketones is 2. The van der Waals surface area contributed by atoms with Crippen LogP contribution in [0.3, 0.4) is 0 Å². The molecule has 0 aromatic carbocycles. The lowest BCUT2D eigenvalue weighted by Gasteiger charge is -2.61. The Morgan fingerprint density at radius 2 is 1.88 bits per heavy atom. The number of esters is 2. The van der Waals surface area contributed by atoms with Gasteiger partial charge in [-0.3, -0.25) is 19.2 Å². The van der Waals surface area contributed by atoms with Gasteiger partial charge in [0, 0.05) is 21.8 Å². The summed E-state index contributed by atoms with van der Waals surface area (Å²) in [4.78, 5) is 52.6. The number of allylic oxidation sites excluding steroid dienone is 1. The van der Waals surface area contributed by atoms with E-state index in [1.807, 2.05) is 26.8 Å². The van der Waals surface area contributed by atoms with Gasteiger partial charge in [-0.05, 0) is 42.7 Å². The molecular formula is C27H32O7.